The summed E-state index contributed by atoms with van der Waals surface area (Å²) in [5.41, 5.74) is -0.0831. The van der Waals surface area contributed by atoms with Crippen molar-refractivity contribution in [3.63, 3.8) is 0 Å². The van der Waals surface area contributed by atoms with Crippen LogP contribution >= 0.6 is 0 Å². The molecule has 5 aliphatic rings. The molecule has 1 heterocycles. The van der Waals surface area contributed by atoms with Crippen LogP contribution in [0.1, 0.15) is 38.5 Å². The van der Waals surface area contributed by atoms with E-state index in [0.29, 0.717) is 26.2 Å². The third kappa shape index (κ3) is 2.30. The van der Waals surface area contributed by atoms with Crippen molar-refractivity contribution >= 4 is 12.0 Å². The van der Waals surface area contributed by atoms with E-state index < -0.39 is 0 Å². The van der Waals surface area contributed by atoms with Crippen molar-refractivity contribution in [1.82, 2.24) is 10.2 Å². The molecule has 0 radical (unpaired) electrons. The van der Waals surface area contributed by atoms with E-state index in [4.69, 9.17) is 4.74 Å². The first-order valence-corrected chi connectivity index (χ1v) is 8.35. The van der Waals surface area contributed by atoms with Gasteiger partial charge in [-0.15, -0.1) is 0 Å². The van der Waals surface area contributed by atoms with Crippen molar-refractivity contribution < 1.29 is 14.3 Å². The standard InChI is InChI=1S/C16H24N2O3/c19-14(17-1-2-18-3-4-21-15(18)20)16-8-11-5-12(9-16)7-13(6-11)10-16/h11-13H,1-10H2,(H,17,19). The molecule has 4 bridgehead atoms. The average Bonchev–Trinajstić information content (AvgIpc) is 2.83. The minimum atomic E-state index is -0.251. The van der Waals surface area contributed by atoms with Gasteiger partial charge in [0, 0.05) is 18.5 Å². The van der Waals surface area contributed by atoms with Gasteiger partial charge in [0.05, 0.1) is 6.54 Å². The first-order valence-electron chi connectivity index (χ1n) is 8.35. The van der Waals surface area contributed by atoms with E-state index in [1.165, 1.54) is 19.3 Å². The third-order valence-electron chi connectivity index (χ3n) is 6.03. The monoisotopic (exact) mass is 292 g/mol. The molecule has 2 amide bonds. The molecule has 0 aromatic rings. The van der Waals surface area contributed by atoms with Gasteiger partial charge in [-0.25, -0.2) is 4.79 Å². The second-order valence-electron chi connectivity index (χ2n) is 7.56. The Bertz CT molecular complexity index is 427. The Morgan fingerprint density at radius 1 is 1.19 bits per heavy atom. The van der Waals surface area contributed by atoms with Gasteiger partial charge >= 0.3 is 6.09 Å². The number of hydrogen-bond acceptors (Lipinski definition) is 3. The zero-order valence-electron chi connectivity index (χ0n) is 12.5. The van der Waals surface area contributed by atoms with E-state index in [2.05, 4.69) is 5.32 Å². The van der Waals surface area contributed by atoms with E-state index in [0.717, 1.165) is 37.0 Å². The fraction of sp³-hybridized carbons (Fsp3) is 0.875. The van der Waals surface area contributed by atoms with Crippen LogP contribution in [0.4, 0.5) is 4.79 Å². The number of carbonyl (C=O) groups is 2. The van der Waals surface area contributed by atoms with Gasteiger partial charge in [0.15, 0.2) is 0 Å². The highest BCUT2D eigenvalue weighted by atomic mass is 16.6. The smallest absolute Gasteiger partial charge is 0.409 e. The first kappa shape index (κ1) is 13.4. The lowest BCUT2D eigenvalue weighted by molar-refractivity contribution is -0.146. The molecule has 1 N–H and O–H groups in total. The Morgan fingerprint density at radius 3 is 2.33 bits per heavy atom. The molecular formula is C16H24N2O3. The third-order valence-corrected chi connectivity index (χ3v) is 6.03. The number of cyclic esters (lactones) is 1. The summed E-state index contributed by atoms with van der Waals surface area (Å²) < 4.78 is 4.90. The van der Waals surface area contributed by atoms with Crippen molar-refractivity contribution in [2.75, 3.05) is 26.2 Å². The molecule has 1 saturated heterocycles. The SMILES string of the molecule is O=C1OCCN1CCNC(=O)C12CC3CC(CC(C3)C1)C2. The Morgan fingerprint density at radius 2 is 1.81 bits per heavy atom. The minimum absolute atomic E-state index is 0.0831. The van der Waals surface area contributed by atoms with Gasteiger partial charge in [0.2, 0.25) is 5.91 Å². The van der Waals surface area contributed by atoms with Gasteiger partial charge in [-0.1, -0.05) is 0 Å². The molecular weight excluding hydrogens is 268 g/mol. The van der Waals surface area contributed by atoms with Crippen LogP contribution in [0.3, 0.4) is 0 Å². The lowest BCUT2D eigenvalue weighted by Gasteiger charge is -2.55. The molecule has 4 saturated carbocycles. The van der Waals surface area contributed by atoms with Crippen LogP contribution in [0, 0.1) is 23.2 Å². The van der Waals surface area contributed by atoms with Crippen molar-refractivity contribution in [2.24, 2.45) is 23.2 Å². The second-order valence-corrected chi connectivity index (χ2v) is 7.56. The topological polar surface area (TPSA) is 58.6 Å². The number of rotatable bonds is 4. The summed E-state index contributed by atoms with van der Waals surface area (Å²) in [4.78, 5) is 25.7. The molecule has 0 atom stereocenters. The van der Waals surface area contributed by atoms with Gasteiger partial charge in [0.1, 0.15) is 6.61 Å². The van der Waals surface area contributed by atoms with Crippen LogP contribution in [0.5, 0.6) is 0 Å². The van der Waals surface area contributed by atoms with E-state index >= 15 is 0 Å². The van der Waals surface area contributed by atoms with Crippen LogP contribution in [-0.2, 0) is 9.53 Å². The van der Waals surface area contributed by atoms with Crippen LogP contribution < -0.4 is 5.32 Å². The number of nitrogens with zero attached hydrogens (tertiary/aromatic N) is 1. The summed E-state index contributed by atoms with van der Waals surface area (Å²) in [5.74, 6) is 2.61. The maximum Gasteiger partial charge on any atom is 0.409 e. The fourth-order valence-electron chi connectivity index (χ4n) is 5.51. The molecule has 21 heavy (non-hydrogen) atoms. The highest BCUT2D eigenvalue weighted by molar-refractivity contribution is 5.83. The number of nitrogens with one attached hydrogen (secondary N) is 1. The lowest BCUT2D eigenvalue weighted by Crippen LogP contribution is -2.54. The maximum absolute atomic E-state index is 12.7. The van der Waals surface area contributed by atoms with Crippen molar-refractivity contribution in [2.45, 2.75) is 38.5 Å². The molecule has 0 aromatic heterocycles. The molecule has 5 rings (SSSR count). The molecule has 5 heteroatoms. The maximum atomic E-state index is 12.7. The van der Waals surface area contributed by atoms with Gasteiger partial charge in [-0.3, -0.25) is 4.79 Å². The van der Waals surface area contributed by atoms with Crippen LogP contribution in [0.15, 0.2) is 0 Å². The summed E-state index contributed by atoms with van der Waals surface area (Å²) in [7, 11) is 0. The molecule has 0 unspecified atom stereocenters. The first-order chi connectivity index (χ1) is 10.1. The van der Waals surface area contributed by atoms with Gasteiger partial charge < -0.3 is 15.0 Å². The van der Waals surface area contributed by atoms with E-state index in [1.54, 1.807) is 4.90 Å². The summed E-state index contributed by atoms with van der Waals surface area (Å²) in [6, 6.07) is 0. The van der Waals surface area contributed by atoms with Crippen molar-refractivity contribution in [3.8, 4) is 0 Å². The summed E-state index contributed by atoms with van der Waals surface area (Å²) in [6.45, 7) is 2.24. The van der Waals surface area contributed by atoms with Gasteiger partial charge in [-0.05, 0) is 56.3 Å². The van der Waals surface area contributed by atoms with Gasteiger partial charge in [0.25, 0.3) is 0 Å². The zero-order chi connectivity index (χ0) is 14.4. The molecule has 0 aromatic carbocycles. The lowest BCUT2D eigenvalue weighted by atomic mass is 9.49. The number of ether oxygens (including phenoxy) is 1. The molecule has 5 nitrogen and oxygen atoms in total. The Balaban J connectivity index is 1.33. The minimum Gasteiger partial charge on any atom is -0.448 e. The number of hydrogen-bond donors (Lipinski definition) is 1. The second kappa shape index (κ2) is 4.89. The molecule has 5 fully saturated rings. The van der Waals surface area contributed by atoms with E-state index in [1.807, 2.05) is 0 Å². The van der Waals surface area contributed by atoms with Gasteiger partial charge in [-0.2, -0.15) is 0 Å². The summed E-state index contributed by atoms with van der Waals surface area (Å²) in [5, 5.41) is 3.10. The molecule has 1 aliphatic heterocycles. The largest absolute Gasteiger partial charge is 0.448 e. The highest BCUT2D eigenvalue weighted by Gasteiger charge is 2.54. The van der Waals surface area contributed by atoms with Crippen LogP contribution in [0.25, 0.3) is 0 Å². The highest BCUT2D eigenvalue weighted by Crippen LogP contribution is 2.60. The average molecular weight is 292 g/mol. The van der Waals surface area contributed by atoms with Crippen LogP contribution in [0.2, 0.25) is 0 Å². The zero-order valence-corrected chi connectivity index (χ0v) is 12.5. The number of carbonyl (C=O) groups excluding carboxylic acids is 2. The molecule has 0 spiro atoms. The normalized spacial score (nSPS) is 40.5. The van der Waals surface area contributed by atoms with E-state index in [9.17, 15) is 9.59 Å². The quantitative estimate of drug-likeness (QED) is 0.859. The molecule has 4 aliphatic carbocycles. The summed E-state index contributed by atoms with van der Waals surface area (Å²) in [6.07, 6.45) is 7.09. The fourth-order valence-corrected chi connectivity index (χ4v) is 5.51. The predicted octanol–water partition coefficient (Wildman–Crippen LogP) is 1.77. The van der Waals surface area contributed by atoms with Crippen LogP contribution in [-0.4, -0.2) is 43.1 Å². The number of amides is 2. The Kier molecular flexibility index (Phi) is 3.12. The molecule has 116 valence electrons. The van der Waals surface area contributed by atoms with Crippen molar-refractivity contribution in [3.05, 3.63) is 0 Å². The predicted molar refractivity (Wildman–Crippen MR) is 76.5 cm³/mol. The summed E-state index contributed by atoms with van der Waals surface area (Å²) >= 11 is 0. The Hall–Kier alpha value is -1.26. The Labute approximate surface area is 125 Å². The van der Waals surface area contributed by atoms with E-state index in [-0.39, 0.29) is 17.4 Å². The van der Waals surface area contributed by atoms with Crippen molar-refractivity contribution in [1.29, 1.82) is 0 Å².